The number of rotatable bonds is 5. The molecule has 2 N–H and O–H groups in total. The molecule has 178 valence electrons. The molecule has 2 rings (SSSR count). The number of nitrogens with one attached hydrogen (secondary N) is 1. The van der Waals surface area contributed by atoms with Crippen molar-refractivity contribution in [3.05, 3.63) is 40.4 Å². The van der Waals surface area contributed by atoms with Gasteiger partial charge in [0.1, 0.15) is 5.60 Å². The van der Waals surface area contributed by atoms with Crippen molar-refractivity contribution in [2.24, 2.45) is 0 Å². The van der Waals surface area contributed by atoms with E-state index in [1.54, 1.807) is 26.8 Å². The molecule has 1 amide bonds. The third kappa shape index (κ3) is 6.49. The summed E-state index contributed by atoms with van der Waals surface area (Å²) >= 11 is 0. The van der Waals surface area contributed by atoms with E-state index < -0.39 is 48.4 Å². The lowest BCUT2D eigenvalue weighted by molar-refractivity contribution is -0.137. The van der Waals surface area contributed by atoms with Gasteiger partial charge in [-0.25, -0.2) is 4.79 Å². The minimum Gasteiger partial charge on any atom is -0.444 e. The van der Waals surface area contributed by atoms with E-state index in [0.717, 1.165) is 12.1 Å². The molecule has 1 saturated heterocycles. The summed E-state index contributed by atoms with van der Waals surface area (Å²) in [5, 5.41) is 12.3. The van der Waals surface area contributed by atoms with Crippen LogP contribution in [0.4, 0.5) is 18.0 Å². The summed E-state index contributed by atoms with van der Waals surface area (Å²) in [4.78, 5) is 12.2. The Hall–Kier alpha value is -2.04. The molecule has 0 spiro atoms. The minimum atomic E-state index is -4.53. The molecule has 0 bridgehead atoms. The van der Waals surface area contributed by atoms with Gasteiger partial charge in [-0.3, -0.25) is 0 Å². The average molecular weight is 457 g/mol. The van der Waals surface area contributed by atoms with Gasteiger partial charge in [0.25, 0.3) is 0 Å². The Bertz CT molecular complexity index is 859. The van der Waals surface area contributed by atoms with Gasteiger partial charge >= 0.3 is 19.4 Å². The molecule has 1 fully saturated rings. The zero-order valence-corrected chi connectivity index (χ0v) is 19.5. The molecule has 0 saturated carbocycles. The van der Waals surface area contributed by atoms with Crippen LogP contribution in [-0.4, -0.2) is 41.7 Å². The monoisotopic (exact) mass is 457 g/mol. The first-order valence-corrected chi connectivity index (χ1v) is 10.3. The van der Waals surface area contributed by atoms with E-state index in [-0.39, 0.29) is 12.1 Å². The zero-order chi connectivity index (χ0) is 24.5. The fraction of sp³-hybridized carbons (Fsp3) is 0.591. The van der Waals surface area contributed by atoms with Crippen molar-refractivity contribution >= 4 is 19.3 Å². The molecule has 1 aromatic carbocycles. The summed E-state index contributed by atoms with van der Waals surface area (Å²) in [6.07, 6.45) is -3.63. The zero-order valence-electron chi connectivity index (χ0n) is 19.5. The second-order valence-corrected chi connectivity index (χ2v) is 9.73. The van der Waals surface area contributed by atoms with Crippen LogP contribution in [0, 0.1) is 0 Å². The maximum atomic E-state index is 13.1. The van der Waals surface area contributed by atoms with Crippen molar-refractivity contribution in [3.8, 4) is 0 Å². The number of hydrogen-bond acceptors (Lipinski definition) is 5. The third-order valence-electron chi connectivity index (χ3n) is 5.37. The molecular formula is C22H31BF3NO5. The molecule has 1 aliphatic heterocycles. The van der Waals surface area contributed by atoms with Crippen LogP contribution in [0.2, 0.25) is 0 Å². The smallest absolute Gasteiger partial charge is 0.444 e. The van der Waals surface area contributed by atoms with Crippen LogP contribution in [0.3, 0.4) is 0 Å². The lowest BCUT2D eigenvalue weighted by atomic mass is 9.76. The molecule has 6 nitrogen and oxygen atoms in total. The summed E-state index contributed by atoms with van der Waals surface area (Å²) in [5.41, 5.74) is -1.98. The van der Waals surface area contributed by atoms with Gasteiger partial charge in [-0.15, -0.1) is 0 Å². The Morgan fingerprint density at radius 3 is 2.19 bits per heavy atom. The molecule has 1 heterocycles. The van der Waals surface area contributed by atoms with Gasteiger partial charge in [0.2, 0.25) is 0 Å². The van der Waals surface area contributed by atoms with Gasteiger partial charge in [-0.05, 0) is 77.2 Å². The van der Waals surface area contributed by atoms with Gasteiger partial charge in [-0.2, -0.15) is 13.2 Å². The number of halogens is 3. The van der Waals surface area contributed by atoms with Crippen LogP contribution in [-0.2, 0) is 26.8 Å². The fourth-order valence-electron chi connectivity index (χ4n) is 2.94. The highest BCUT2D eigenvalue weighted by Crippen LogP contribution is 2.39. The van der Waals surface area contributed by atoms with Gasteiger partial charge in [-0.1, -0.05) is 12.1 Å². The number of carbonyl (C=O) groups excluding carboxylic acids is 1. The quantitative estimate of drug-likeness (QED) is 0.625. The maximum Gasteiger partial charge on any atom is 0.492 e. The summed E-state index contributed by atoms with van der Waals surface area (Å²) in [6, 6.07) is 3.11. The van der Waals surface area contributed by atoms with Gasteiger partial charge in [0.15, 0.2) is 0 Å². The first kappa shape index (κ1) is 26.2. The van der Waals surface area contributed by atoms with Crippen LogP contribution >= 0.6 is 0 Å². The molecule has 1 aliphatic rings. The molecule has 32 heavy (non-hydrogen) atoms. The molecule has 0 aromatic heterocycles. The van der Waals surface area contributed by atoms with Crippen molar-refractivity contribution in [2.75, 3.05) is 6.54 Å². The third-order valence-corrected chi connectivity index (χ3v) is 5.37. The number of aliphatic hydroxyl groups is 1. The van der Waals surface area contributed by atoms with E-state index in [4.69, 9.17) is 14.0 Å². The van der Waals surface area contributed by atoms with E-state index in [2.05, 4.69) is 5.32 Å². The normalized spacial score (nSPS) is 18.6. The second kappa shape index (κ2) is 9.07. The highest BCUT2D eigenvalue weighted by molar-refractivity contribution is 6.56. The number of alkyl carbamates (subject to hydrolysis) is 1. The van der Waals surface area contributed by atoms with E-state index in [1.807, 2.05) is 27.7 Å². The molecule has 0 atom stereocenters. The SMILES string of the molecule is CC(C)(C)OC(=O)NCC(=Cc1ccc(C(F)(F)F)cc1CO)B1OC(C)(C)C(C)(C)O1. The van der Waals surface area contributed by atoms with Crippen LogP contribution in [0.25, 0.3) is 6.08 Å². The highest BCUT2D eigenvalue weighted by Gasteiger charge is 2.52. The van der Waals surface area contributed by atoms with E-state index >= 15 is 0 Å². The highest BCUT2D eigenvalue weighted by atomic mass is 19.4. The number of amides is 1. The van der Waals surface area contributed by atoms with E-state index in [1.165, 1.54) is 6.07 Å². The summed E-state index contributed by atoms with van der Waals surface area (Å²) in [5.74, 6) is 0. The number of alkyl halides is 3. The molecule has 0 unspecified atom stereocenters. The molecule has 10 heteroatoms. The Kier molecular flexibility index (Phi) is 7.43. The Balaban J connectivity index is 2.40. The Morgan fingerprint density at radius 2 is 1.72 bits per heavy atom. The van der Waals surface area contributed by atoms with Crippen LogP contribution < -0.4 is 5.32 Å². The Morgan fingerprint density at radius 1 is 1.16 bits per heavy atom. The van der Waals surface area contributed by atoms with Crippen LogP contribution in [0.5, 0.6) is 0 Å². The van der Waals surface area contributed by atoms with E-state index in [9.17, 15) is 23.1 Å². The largest absolute Gasteiger partial charge is 0.492 e. The standard InChI is InChI=1S/C22H31BF3NO5/c1-19(2,3)30-18(29)27-12-17(23-31-20(4,5)21(6,7)32-23)11-14-8-9-16(22(24,25)26)10-15(14)13-28/h8-11,28H,12-13H2,1-7H3,(H,27,29). The Labute approximate surface area is 187 Å². The van der Waals surface area contributed by atoms with Crippen molar-refractivity contribution in [1.29, 1.82) is 0 Å². The summed E-state index contributed by atoms with van der Waals surface area (Å²) in [6.45, 7) is 12.0. The van der Waals surface area contributed by atoms with Gasteiger partial charge in [0.05, 0.1) is 23.4 Å². The number of benzene rings is 1. The topological polar surface area (TPSA) is 77.0 Å². The second-order valence-electron chi connectivity index (χ2n) is 9.73. The number of hydrogen-bond donors (Lipinski definition) is 2. The lowest BCUT2D eigenvalue weighted by Gasteiger charge is -2.32. The van der Waals surface area contributed by atoms with Crippen molar-refractivity contribution in [1.82, 2.24) is 5.32 Å². The maximum absolute atomic E-state index is 13.1. The first-order chi connectivity index (χ1) is 14.4. The van der Waals surface area contributed by atoms with Crippen molar-refractivity contribution in [2.45, 2.75) is 78.1 Å². The fourth-order valence-corrected chi connectivity index (χ4v) is 2.94. The number of aliphatic hydroxyl groups excluding tert-OH is 1. The molecular weight excluding hydrogens is 426 g/mol. The number of ether oxygens (including phenoxy) is 1. The van der Waals surface area contributed by atoms with Gasteiger partial charge in [0, 0.05) is 6.54 Å². The predicted octanol–water partition coefficient (Wildman–Crippen LogP) is 4.74. The van der Waals surface area contributed by atoms with Crippen LogP contribution in [0.1, 0.15) is 65.2 Å². The summed E-state index contributed by atoms with van der Waals surface area (Å²) < 4.78 is 56.6. The average Bonchev–Trinajstić information content (AvgIpc) is 2.83. The minimum absolute atomic E-state index is 0.0301. The predicted molar refractivity (Wildman–Crippen MR) is 116 cm³/mol. The van der Waals surface area contributed by atoms with Crippen molar-refractivity contribution in [3.63, 3.8) is 0 Å². The first-order valence-electron chi connectivity index (χ1n) is 10.3. The lowest BCUT2D eigenvalue weighted by Crippen LogP contribution is -2.41. The molecule has 0 radical (unpaired) electrons. The summed E-state index contributed by atoms with van der Waals surface area (Å²) in [7, 11) is -0.858. The van der Waals surface area contributed by atoms with Crippen LogP contribution in [0.15, 0.2) is 23.7 Å². The van der Waals surface area contributed by atoms with Crippen molar-refractivity contribution < 1.29 is 37.1 Å². The molecule has 0 aliphatic carbocycles. The molecule has 1 aromatic rings. The van der Waals surface area contributed by atoms with Gasteiger partial charge < -0.3 is 24.5 Å². The van der Waals surface area contributed by atoms with E-state index in [0.29, 0.717) is 11.0 Å². The number of carbonyl (C=O) groups is 1.